The fourth-order valence-corrected chi connectivity index (χ4v) is 3.88. The quantitative estimate of drug-likeness (QED) is 0.612. The fraction of sp³-hybridized carbons (Fsp3) is 0.444. The molecule has 2 aromatic rings. The van der Waals surface area contributed by atoms with Crippen LogP contribution in [-0.2, 0) is 16.1 Å². The molecule has 1 saturated carbocycles. The third kappa shape index (κ3) is 2.80. The Morgan fingerprint density at radius 3 is 2.77 bits per heavy atom. The van der Waals surface area contributed by atoms with E-state index in [4.69, 9.17) is 4.74 Å². The highest BCUT2D eigenvalue weighted by atomic mass is 32.1. The van der Waals surface area contributed by atoms with Crippen molar-refractivity contribution in [2.75, 3.05) is 0 Å². The molecular formula is C18H21NO2S. The maximum absolute atomic E-state index is 12.3. The van der Waals surface area contributed by atoms with Crippen LogP contribution in [0, 0.1) is 17.3 Å². The zero-order valence-electron chi connectivity index (χ0n) is 13.4. The Bertz CT molecular complexity index is 707. The predicted molar refractivity (Wildman–Crippen MR) is 89.6 cm³/mol. The summed E-state index contributed by atoms with van der Waals surface area (Å²) in [6.45, 7) is 8.66. The van der Waals surface area contributed by atoms with E-state index in [1.807, 2.05) is 24.3 Å². The van der Waals surface area contributed by atoms with Gasteiger partial charge in [-0.1, -0.05) is 37.6 Å². The molecule has 1 fully saturated rings. The van der Waals surface area contributed by atoms with Gasteiger partial charge in [-0.3, -0.25) is 4.79 Å². The summed E-state index contributed by atoms with van der Waals surface area (Å²) in [5.41, 5.74) is 2.22. The highest BCUT2D eigenvalue weighted by Gasteiger charge is 2.61. The summed E-state index contributed by atoms with van der Waals surface area (Å²) in [5, 5.41) is 0.853. The Hall–Kier alpha value is -1.68. The number of esters is 1. The van der Waals surface area contributed by atoms with Gasteiger partial charge in [-0.05, 0) is 37.3 Å². The number of hydrogen-bond acceptors (Lipinski definition) is 4. The van der Waals surface area contributed by atoms with Crippen LogP contribution in [0.25, 0.3) is 10.2 Å². The van der Waals surface area contributed by atoms with Crippen LogP contribution in [0.15, 0.2) is 35.9 Å². The zero-order valence-corrected chi connectivity index (χ0v) is 14.2. The topological polar surface area (TPSA) is 39.2 Å². The molecule has 3 rings (SSSR count). The molecule has 1 heterocycles. The number of ether oxygens (including phenoxy) is 1. The summed E-state index contributed by atoms with van der Waals surface area (Å²) >= 11 is 1.58. The van der Waals surface area contributed by atoms with Gasteiger partial charge in [0.15, 0.2) is 0 Å². The number of aromatic nitrogens is 1. The Morgan fingerprint density at radius 1 is 1.36 bits per heavy atom. The van der Waals surface area contributed by atoms with E-state index in [-0.39, 0.29) is 23.9 Å². The van der Waals surface area contributed by atoms with Gasteiger partial charge in [0.2, 0.25) is 0 Å². The van der Waals surface area contributed by atoms with E-state index in [0.29, 0.717) is 5.92 Å². The summed E-state index contributed by atoms with van der Waals surface area (Å²) in [7, 11) is 0. The Balaban J connectivity index is 1.64. The molecule has 1 aliphatic rings. The van der Waals surface area contributed by atoms with Crippen molar-refractivity contribution < 1.29 is 9.53 Å². The molecule has 0 amide bonds. The van der Waals surface area contributed by atoms with Gasteiger partial charge >= 0.3 is 5.97 Å². The van der Waals surface area contributed by atoms with Gasteiger partial charge in [-0.25, -0.2) is 4.98 Å². The molecule has 0 spiro atoms. The van der Waals surface area contributed by atoms with E-state index < -0.39 is 0 Å². The van der Waals surface area contributed by atoms with Crippen LogP contribution in [-0.4, -0.2) is 11.0 Å². The first-order chi connectivity index (χ1) is 10.4. The van der Waals surface area contributed by atoms with E-state index in [1.54, 1.807) is 11.3 Å². The first kappa shape index (κ1) is 15.2. The third-order valence-electron chi connectivity index (χ3n) is 4.35. The largest absolute Gasteiger partial charge is 0.458 e. The van der Waals surface area contributed by atoms with Gasteiger partial charge in [0.1, 0.15) is 11.6 Å². The van der Waals surface area contributed by atoms with Crippen molar-refractivity contribution >= 4 is 27.5 Å². The van der Waals surface area contributed by atoms with Crippen LogP contribution in [0.1, 0.15) is 32.7 Å². The van der Waals surface area contributed by atoms with E-state index in [1.165, 1.54) is 5.57 Å². The number of carbonyl (C=O) groups is 1. The van der Waals surface area contributed by atoms with Gasteiger partial charge < -0.3 is 4.74 Å². The van der Waals surface area contributed by atoms with Crippen LogP contribution >= 0.6 is 11.3 Å². The average molecular weight is 315 g/mol. The second-order valence-electron chi connectivity index (χ2n) is 6.75. The number of allylic oxidation sites excluding steroid dienone is 2. The summed E-state index contributed by atoms with van der Waals surface area (Å²) < 4.78 is 6.64. The summed E-state index contributed by atoms with van der Waals surface area (Å²) in [6, 6.07) is 7.97. The van der Waals surface area contributed by atoms with E-state index in [2.05, 4.69) is 38.8 Å². The van der Waals surface area contributed by atoms with E-state index in [9.17, 15) is 4.79 Å². The summed E-state index contributed by atoms with van der Waals surface area (Å²) in [4.78, 5) is 16.8. The molecule has 1 aromatic heterocycles. The first-order valence-corrected chi connectivity index (χ1v) is 8.37. The molecule has 1 aromatic carbocycles. The standard InChI is InChI=1S/C18H21NO2S/c1-11(2)9-12-16(18(12,3)4)17(20)21-10-15-19-13-7-5-6-8-14(13)22-15/h5-9,12,16H,10H2,1-4H3/t12-,16-/m0/s1. The number of hydrogen-bond donors (Lipinski definition) is 0. The molecule has 1 aliphatic carbocycles. The van der Waals surface area contributed by atoms with Crippen molar-refractivity contribution in [1.82, 2.24) is 4.98 Å². The molecule has 4 heteroatoms. The SMILES string of the molecule is CC(C)=C[C@H]1[C@@H](C(=O)OCc2nc3ccccc3s2)C1(C)C. The van der Waals surface area contributed by atoms with Crippen LogP contribution in [0.3, 0.4) is 0 Å². The van der Waals surface area contributed by atoms with Crippen molar-refractivity contribution in [1.29, 1.82) is 0 Å². The number of benzene rings is 1. The minimum atomic E-state index is -0.105. The molecule has 3 nitrogen and oxygen atoms in total. The van der Waals surface area contributed by atoms with Crippen molar-refractivity contribution in [3.63, 3.8) is 0 Å². The number of carbonyl (C=O) groups excluding carboxylic acids is 1. The third-order valence-corrected chi connectivity index (χ3v) is 5.36. The first-order valence-electron chi connectivity index (χ1n) is 7.55. The molecule has 0 unspecified atom stereocenters. The number of para-hydroxylation sites is 1. The molecule has 0 N–H and O–H groups in total. The second kappa shape index (κ2) is 5.51. The van der Waals surface area contributed by atoms with Gasteiger partial charge in [0, 0.05) is 0 Å². The van der Waals surface area contributed by atoms with Crippen molar-refractivity contribution in [3.05, 3.63) is 40.9 Å². The van der Waals surface area contributed by atoms with Crippen molar-refractivity contribution in [2.24, 2.45) is 17.3 Å². The maximum Gasteiger partial charge on any atom is 0.310 e. The highest BCUT2D eigenvalue weighted by molar-refractivity contribution is 7.18. The number of rotatable bonds is 4. The van der Waals surface area contributed by atoms with Crippen LogP contribution in [0.5, 0.6) is 0 Å². The van der Waals surface area contributed by atoms with Gasteiger partial charge in [-0.15, -0.1) is 11.3 Å². The van der Waals surface area contributed by atoms with Gasteiger partial charge in [0.05, 0.1) is 16.1 Å². The van der Waals surface area contributed by atoms with Crippen LogP contribution in [0.4, 0.5) is 0 Å². The minimum absolute atomic E-state index is 0.00193. The number of nitrogens with zero attached hydrogens (tertiary/aromatic N) is 1. The predicted octanol–water partition coefficient (Wildman–Crippen LogP) is 4.58. The van der Waals surface area contributed by atoms with Gasteiger partial charge in [-0.2, -0.15) is 0 Å². The number of fused-ring (bicyclic) bond motifs is 1. The minimum Gasteiger partial charge on any atom is -0.458 e. The molecule has 0 saturated heterocycles. The van der Waals surface area contributed by atoms with E-state index in [0.717, 1.165) is 15.2 Å². The fourth-order valence-electron chi connectivity index (χ4n) is 3.00. The maximum atomic E-state index is 12.3. The molecule has 0 bridgehead atoms. The monoisotopic (exact) mass is 315 g/mol. The summed E-state index contributed by atoms with van der Waals surface area (Å²) in [5.74, 6) is 0.156. The highest BCUT2D eigenvalue weighted by Crippen LogP contribution is 2.59. The lowest BCUT2D eigenvalue weighted by Crippen LogP contribution is -2.10. The van der Waals surface area contributed by atoms with Crippen LogP contribution in [0.2, 0.25) is 0 Å². The molecule has 2 atom stereocenters. The number of thiazole rings is 1. The van der Waals surface area contributed by atoms with E-state index >= 15 is 0 Å². The lowest BCUT2D eigenvalue weighted by molar-refractivity contribution is -0.147. The van der Waals surface area contributed by atoms with Crippen molar-refractivity contribution in [2.45, 2.75) is 34.3 Å². The Labute approximate surface area is 135 Å². The molecule has 116 valence electrons. The molecule has 0 aliphatic heterocycles. The zero-order chi connectivity index (χ0) is 15.9. The lowest BCUT2D eigenvalue weighted by atomic mass is 10.1. The Morgan fingerprint density at radius 2 is 2.09 bits per heavy atom. The van der Waals surface area contributed by atoms with Gasteiger partial charge in [0.25, 0.3) is 0 Å². The summed E-state index contributed by atoms with van der Waals surface area (Å²) in [6.07, 6.45) is 2.18. The molecular weight excluding hydrogens is 294 g/mol. The second-order valence-corrected chi connectivity index (χ2v) is 7.87. The molecule has 22 heavy (non-hydrogen) atoms. The smallest absolute Gasteiger partial charge is 0.310 e. The normalized spacial score (nSPS) is 22.4. The average Bonchev–Trinajstić information content (AvgIpc) is 2.83. The lowest BCUT2D eigenvalue weighted by Gasteiger charge is -2.03. The molecule has 0 radical (unpaired) electrons. The van der Waals surface area contributed by atoms with Crippen LogP contribution < -0.4 is 0 Å². The van der Waals surface area contributed by atoms with Crippen molar-refractivity contribution in [3.8, 4) is 0 Å². The Kier molecular flexibility index (Phi) is 3.81.